The quantitative estimate of drug-likeness (QED) is 0.410. The fourth-order valence-corrected chi connectivity index (χ4v) is 5.78. The Balaban J connectivity index is 1.23. The number of rotatable bonds is 7. The predicted octanol–water partition coefficient (Wildman–Crippen LogP) is 3.85. The van der Waals surface area contributed by atoms with Crippen molar-refractivity contribution in [2.75, 3.05) is 10.5 Å². The van der Waals surface area contributed by atoms with E-state index < -0.39 is 10.0 Å². The minimum Gasteiger partial charge on any atom is -0.384 e. The second-order valence-corrected chi connectivity index (χ2v) is 11.1. The van der Waals surface area contributed by atoms with E-state index in [-0.39, 0.29) is 10.7 Å². The molecule has 8 heteroatoms. The molecule has 1 aromatic heterocycles. The molecule has 0 amide bonds. The zero-order chi connectivity index (χ0) is 23.7. The first-order chi connectivity index (χ1) is 16.4. The SMILES string of the molecule is Nc1ccc(S(=O)(=O)Nc2cccc(-c3ccc([C@@H]4C[C@H]4NC4CCC(N)CC4)cc3)c2)cn1. The number of nitrogens with two attached hydrogens (primary N) is 2. The summed E-state index contributed by atoms with van der Waals surface area (Å²) in [5.41, 5.74) is 15.4. The molecule has 2 aliphatic carbocycles. The molecule has 1 heterocycles. The van der Waals surface area contributed by atoms with Gasteiger partial charge in [0.2, 0.25) is 0 Å². The Kier molecular flexibility index (Phi) is 6.29. The third kappa shape index (κ3) is 5.24. The van der Waals surface area contributed by atoms with Crippen molar-refractivity contribution in [1.29, 1.82) is 0 Å². The van der Waals surface area contributed by atoms with Gasteiger partial charge in [-0.3, -0.25) is 4.72 Å². The van der Waals surface area contributed by atoms with Crippen LogP contribution in [0, 0.1) is 0 Å². The van der Waals surface area contributed by atoms with Crippen LogP contribution in [0.2, 0.25) is 0 Å². The Morgan fingerprint density at radius 2 is 1.68 bits per heavy atom. The van der Waals surface area contributed by atoms with Crippen molar-refractivity contribution < 1.29 is 8.42 Å². The number of nitrogens with zero attached hydrogens (tertiary/aromatic N) is 1. The standard InChI is InChI=1S/C26H31N5O2S/c27-20-8-10-21(11-9-20)30-25-15-24(25)18-6-4-17(5-7-18)19-2-1-3-22(14-19)31-34(32,33)23-12-13-26(28)29-16-23/h1-7,12-14,16,20-21,24-25,30-31H,8-11,15,27H2,(H2,28,29)/t20?,21?,24-,25+/m0/s1. The highest BCUT2D eigenvalue weighted by atomic mass is 32.2. The highest BCUT2D eigenvalue weighted by molar-refractivity contribution is 7.92. The molecule has 2 atom stereocenters. The number of nitrogens with one attached hydrogen (secondary N) is 2. The van der Waals surface area contributed by atoms with Crippen molar-refractivity contribution in [1.82, 2.24) is 10.3 Å². The summed E-state index contributed by atoms with van der Waals surface area (Å²) in [6, 6.07) is 20.5. The number of hydrogen-bond donors (Lipinski definition) is 4. The van der Waals surface area contributed by atoms with Crippen LogP contribution in [0.4, 0.5) is 11.5 Å². The lowest BCUT2D eigenvalue weighted by atomic mass is 9.92. The lowest BCUT2D eigenvalue weighted by molar-refractivity contribution is 0.339. The van der Waals surface area contributed by atoms with Gasteiger partial charge in [-0.15, -0.1) is 0 Å². The van der Waals surface area contributed by atoms with Gasteiger partial charge in [-0.25, -0.2) is 13.4 Å². The van der Waals surface area contributed by atoms with Crippen LogP contribution in [-0.4, -0.2) is 31.5 Å². The highest BCUT2D eigenvalue weighted by Crippen LogP contribution is 2.42. The van der Waals surface area contributed by atoms with Crippen LogP contribution in [0.25, 0.3) is 11.1 Å². The van der Waals surface area contributed by atoms with E-state index in [4.69, 9.17) is 11.5 Å². The monoisotopic (exact) mass is 477 g/mol. The van der Waals surface area contributed by atoms with Crippen LogP contribution < -0.4 is 21.5 Å². The topological polar surface area (TPSA) is 123 Å². The minimum absolute atomic E-state index is 0.0696. The maximum absolute atomic E-state index is 12.7. The van der Waals surface area contributed by atoms with Crippen LogP contribution in [0.15, 0.2) is 71.8 Å². The van der Waals surface area contributed by atoms with Gasteiger partial charge in [0.05, 0.1) is 0 Å². The largest absolute Gasteiger partial charge is 0.384 e. The van der Waals surface area contributed by atoms with E-state index in [1.807, 2.05) is 18.2 Å². The highest BCUT2D eigenvalue weighted by Gasteiger charge is 2.39. The molecular formula is C26H31N5O2S. The van der Waals surface area contributed by atoms with Crippen LogP contribution in [0.3, 0.4) is 0 Å². The van der Waals surface area contributed by atoms with E-state index in [9.17, 15) is 8.42 Å². The number of anilines is 2. The smallest absolute Gasteiger partial charge is 0.263 e. The average Bonchev–Trinajstić information content (AvgIpc) is 3.60. The summed E-state index contributed by atoms with van der Waals surface area (Å²) in [6.07, 6.45) is 7.03. The fraction of sp³-hybridized carbons (Fsp3) is 0.346. The van der Waals surface area contributed by atoms with E-state index in [0.29, 0.717) is 29.7 Å². The molecule has 0 aliphatic heterocycles. The second kappa shape index (κ2) is 9.37. The molecular weight excluding hydrogens is 446 g/mol. The third-order valence-electron chi connectivity index (χ3n) is 6.87. The van der Waals surface area contributed by atoms with Crippen LogP contribution >= 0.6 is 0 Å². The Labute approximate surface area is 201 Å². The van der Waals surface area contributed by atoms with E-state index in [1.165, 1.54) is 43.2 Å². The molecule has 34 heavy (non-hydrogen) atoms. The van der Waals surface area contributed by atoms with Crippen molar-refractivity contribution in [2.45, 2.75) is 61.0 Å². The maximum atomic E-state index is 12.7. The molecule has 2 aromatic carbocycles. The van der Waals surface area contributed by atoms with Crippen molar-refractivity contribution >= 4 is 21.5 Å². The minimum atomic E-state index is -3.74. The number of nitrogen functional groups attached to an aromatic ring is 1. The maximum Gasteiger partial charge on any atom is 0.263 e. The van der Waals surface area contributed by atoms with Gasteiger partial charge < -0.3 is 16.8 Å². The van der Waals surface area contributed by atoms with Gasteiger partial charge in [-0.1, -0.05) is 36.4 Å². The molecule has 0 spiro atoms. The van der Waals surface area contributed by atoms with E-state index in [1.54, 1.807) is 6.07 Å². The lowest BCUT2D eigenvalue weighted by Gasteiger charge is -2.27. The summed E-state index contributed by atoms with van der Waals surface area (Å²) in [6.45, 7) is 0. The number of aromatic nitrogens is 1. The lowest BCUT2D eigenvalue weighted by Crippen LogP contribution is -2.38. The molecule has 3 aromatic rings. The Morgan fingerprint density at radius 1 is 0.912 bits per heavy atom. The summed E-state index contributed by atoms with van der Waals surface area (Å²) in [4.78, 5) is 3.94. The van der Waals surface area contributed by atoms with Gasteiger partial charge in [0, 0.05) is 35.9 Å². The first-order valence-corrected chi connectivity index (χ1v) is 13.3. The normalized spacial score (nSPS) is 24.5. The molecule has 7 nitrogen and oxygen atoms in total. The van der Waals surface area contributed by atoms with Crippen molar-refractivity contribution in [2.24, 2.45) is 5.73 Å². The summed E-state index contributed by atoms with van der Waals surface area (Å²) < 4.78 is 28.0. The molecule has 0 radical (unpaired) electrons. The molecule has 2 fully saturated rings. The average molecular weight is 478 g/mol. The second-order valence-electron chi connectivity index (χ2n) is 9.45. The summed E-state index contributed by atoms with van der Waals surface area (Å²) in [5.74, 6) is 0.840. The number of hydrogen-bond acceptors (Lipinski definition) is 6. The molecule has 0 saturated heterocycles. The van der Waals surface area contributed by atoms with Gasteiger partial charge >= 0.3 is 0 Å². The number of sulfonamides is 1. The first kappa shape index (κ1) is 22.8. The molecule has 178 valence electrons. The molecule has 5 rings (SSSR count). The van der Waals surface area contributed by atoms with Crippen LogP contribution in [0.5, 0.6) is 0 Å². The fourth-order valence-electron chi connectivity index (χ4n) is 4.79. The van der Waals surface area contributed by atoms with Gasteiger partial charge in [0.15, 0.2) is 0 Å². The molecule has 0 bridgehead atoms. The Morgan fingerprint density at radius 3 is 2.38 bits per heavy atom. The molecule has 2 aliphatic rings. The van der Waals surface area contributed by atoms with Gasteiger partial charge in [-0.2, -0.15) is 0 Å². The van der Waals surface area contributed by atoms with Crippen molar-refractivity contribution in [3.63, 3.8) is 0 Å². The summed E-state index contributed by atoms with van der Waals surface area (Å²) in [7, 11) is -3.74. The van der Waals surface area contributed by atoms with E-state index in [2.05, 4.69) is 39.3 Å². The molecule has 6 N–H and O–H groups in total. The summed E-state index contributed by atoms with van der Waals surface area (Å²) in [5, 5.41) is 3.82. The third-order valence-corrected chi connectivity index (χ3v) is 8.24. The predicted molar refractivity (Wildman–Crippen MR) is 136 cm³/mol. The molecule has 2 saturated carbocycles. The first-order valence-electron chi connectivity index (χ1n) is 11.8. The zero-order valence-corrected chi connectivity index (χ0v) is 19.8. The number of pyridine rings is 1. The van der Waals surface area contributed by atoms with Gasteiger partial charge in [-0.05, 0) is 73.1 Å². The summed E-state index contributed by atoms with van der Waals surface area (Å²) >= 11 is 0. The van der Waals surface area contributed by atoms with E-state index in [0.717, 1.165) is 24.0 Å². The van der Waals surface area contributed by atoms with Crippen LogP contribution in [0.1, 0.15) is 43.6 Å². The van der Waals surface area contributed by atoms with E-state index >= 15 is 0 Å². The van der Waals surface area contributed by atoms with Gasteiger partial charge in [0.1, 0.15) is 10.7 Å². The van der Waals surface area contributed by atoms with Crippen molar-refractivity contribution in [3.05, 3.63) is 72.4 Å². The Hall–Kier alpha value is -2.94. The Bertz CT molecular complexity index is 1240. The molecule has 0 unspecified atom stereocenters. The number of benzene rings is 2. The van der Waals surface area contributed by atoms with Crippen molar-refractivity contribution in [3.8, 4) is 11.1 Å². The zero-order valence-electron chi connectivity index (χ0n) is 19.0. The van der Waals surface area contributed by atoms with Gasteiger partial charge in [0.25, 0.3) is 10.0 Å². The van der Waals surface area contributed by atoms with Crippen LogP contribution in [-0.2, 0) is 10.0 Å².